The lowest BCUT2D eigenvalue weighted by Gasteiger charge is -2.46. The van der Waals surface area contributed by atoms with Gasteiger partial charge in [0.25, 0.3) is 5.88 Å². The molecule has 3 fully saturated rings. The number of hydrogen-bond donors (Lipinski definition) is 1. The Labute approximate surface area is 208 Å². The zero-order valence-corrected chi connectivity index (χ0v) is 20.2. The third kappa shape index (κ3) is 4.99. The summed E-state index contributed by atoms with van der Waals surface area (Å²) in [6.07, 6.45) is 2.55. The Morgan fingerprint density at radius 3 is 2.69 bits per heavy atom. The van der Waals surface area contributed by atoms with Gasteiger partial charge in [-0.1, -0.05) is 0 Å². The number of carbonyl (C=O) groups is 1. The molecule has 2 saturated heterocycles. The highest BCUT2D eigenvalue weighted by Crippen LogP contribution is 2.41. The van der Waals surface area contributed by atoms with E-state index in [2.05, 4.69) is 15.3 Å². The van der Waals surface area contributed by atoms with Crippen LogP contribution in [0, 0.1) is 29.0 Å². The molecule has 1 aromatic carbocycles. The van der Waals surface area contributed by atoms with Crippen molar-refractivity contribution < 1.29 is 28.1 Å². The topological polar surface area (TPSA) is 119 Å². The second-order valence-electron chi connectivity index (χ2n) is 9.58. The van der Waals surface area contributed by atoms with Crippen molar-refractivity contribution in [1.82, 2.24) is 14.9 Å². The highest BCUT2D eigenvalue weighted by Gasteiger charge is 2.47. The van der Waals surface area contributed by atoms with Gasteiger partial charge in [0.2, 0.25) is 5.75 Å². The van der Waals surface area contributed by atoms with Crippen molar-refractivity contribution in [2.24, 2.45) is 11.8 Å². The fourth-order valence-corrected chi connectivity index (χ4v) is 4.54. The summed E-state index contributed by atoms with van der Waals surface area (Å²) in [5, 5.41) is 11.9. The quantitative estimate of drug-likeness (QED) is 0.611. The summed E-state index contributed by atoms with van der Waals surface area (Å²) in [5.41, 5.74) is 0.0207. The smallest absolute Gasteiger partial charge is 0.410 e. The van der Waals surface area contributed by atoms with E-state index >= 15 is 0 Å². The van der Waals surface area contributed by atoms with Gasteiger partial charge in [-0.3, -0.25) is 0 Å². The third-order valence-corrected chi connectivity index (χ3v) is 6.71. The van der Waals surface area contributed by atoms with Gasteiger partial charge in [-0.05, 0) is 44.9 Å². The Morgan fingerprint density at radius 1 is 1.31 bits per heavy atom. The molecule has 1 saturated carbocycles. The first kappa shape index (κ1) is 24.1. The fourth-order valence-electron chi connectivity index (χ4n) is 4.54. The highest BCUT2D eigenvalue weighted by molar-refractivity contribution is 5.69. The minimum absolute atomic E-state index is 0.0751. The molecule has 2 atom stereocenters. The van der Waals surface area contributed by atoms with Crippen molar-refractivity contribution in [2.45, 2.75) is 38.4 Å². The Morgan fingerprint density at radius 2 is 2.06 bits per heavy atom. The summed E-state index contributed by atoms with van der Waals surface area (Å²) < 4.78 is 38.1. The summed E-state index contributed by atoms with van der Waals surface area (Å²) in [5.74, 6) is -0.0186. The van der Waals surface area contributed by atoms with Crippen LogP contribution in [-0.2, 0) is 9.47 Å². The average molecular weight is 498 g/mol. The van der Waals surface area contributed by atoms with Gasteiger partial charge in [0, 0.05) is 24.9 Å². The van der Waals surface area contributed by atoms with Crippen LogP contribution in [0.25, 0.3) is 0 Å². The molecule has 1 aliphatic carbocycles. The van der Waals surface area contributed by atoms with E-state index < -0.39 is 5.82 Å². The van der Waals surface area contributed by atoms with Gasteiger partial charge < -0.3 is 29.2 Å². The van der Waals surface area contributed by atoms with Crippen LogP contribution in [0.15, 0.2) is 24.5 Å². The molecule has 0 spiro atoms. The number of amides is 1. The number of nitrogens with one attached hydrogen (secondary N) is 1. The van der Waals surface area contributed by atoms with Gasteiger partial charge in [0.1, 0.15) is 23.8 Å². The summed E-state index contributed by atoms with van der Waals surface area (Å²) in [4.78, 5) is 23.0. The molecule has 2 aliphatic heterocycles. The average Bonchev–Trinajstić information content (AvgIpc) is 3.58. The number of likely N-dealkylation sites (tertiary alicyclic amines) is 1. The van der Waals surface area contributed by atoms with E-state index in [9.17, 15) is 9.18 Å². The van der Waals surface area contributed by atoms with Crippen LogP contribution in [0.4, 0.5) is 20.7 Å². The molecule has 10 nitrogen and oxygen atoms in total. The standard InChI is InChI=1S/C25H28FN5O5/c1-3-34-21-22(30-19-5-4-15(9-27)8-18(19)26)28-14-29-23(21)35-20-16-10-31(11-17(20)13-33-12-16)24(32)36-25(2)6-7-25/h4-5,8,14,16-17,20H,3,6-7,10-13H2,1-2H3,(H,28,29,30). The first-order valence-corrected chi connectivity index (χ1v) is 12.1. The van der Waals surface area contributed by atoms with E-state index in [4.69, 9.17) is 24.2 Å². The van der Waals surface area contributed by atoms with Crippen molar-refractivity contribution in [3.63, 3.8) is 0 Å². The van der Waals surface area contributed by atoms with Crippen molar-refractivity contribution in [3.8, 4) is 17.7 Å². The Hall–Kier alpha value is -3.65. The second kappa shape index (κ2) is 9.78. The maximum absolute atomic E-state index is 14.5. The number of hydrogen-bond acceptors (Lipinski definition) is 9. The van der Waals surface area contributed by atoms with Crippen molar-refractivity contribution in [1.29, 1.82) is 5.26 Å². The molecular weight excluding hydrogens is 469 g/mol. The van der Waals surface area contributed by atoms with E-state index in [1.54, 1.807) is 4.90 Å². The predicted octanol–water partition coefficient (Wildman–Crippen LogP) is 3.64. The van der Waals surface area contributed by atoms with Gasteiger partial charge in [0.15, 0.2) is 5.82 Å². The molecule has 5 rings (SSSR count). The zero-order chi connectivity index (χ0) is 25.3. The Bertz CT molecular complexity index is 1170. The molecule has 11 heteroatoms. The lowest BCUT2D eigenvalue weighted by atomic mass is 9.84. The number of piperidine rings is 1. The molecule has 0 radical (unpaired) electrons. The number of aromatic nitrogens is 2. The normalized spacial score (nSPS) is 23.8. The van der Waals surface area contributed by atoms with E-state index in [1.165, 1.54) is 18.5 Å². The number of ether oxygens (including phenoxy) is 4. The largest absolute Gasteiger partial charge is 0.486 e. The number of rotatable bonds is 7. The summed E-state index contributed by atoms with van der Waals surface area (Å²) in [7, 11) is 0. The minimum atomic E-state index is -0.594. The number of nitriles is 1. The van der Waals surface area contributed by atoms with Crippen LogP contribution >= 0.6 is 0 Å². The van der Waals surface area contributed by atoms with Gasteiger partial charge in [-0.25, -0.2) is 14.2 Å². The molecule has 2 unspecified atom stereocenters. The zero-order valence-electron chi connectivity index (χ0n) is 20.2. The van der Waals surface area contributed by atoms with Crippen LogP contribution < -0.4 is 14.8 Å². The van der Waals surface area contributed by atoms with Crippen LogP contribution in [-0.4, -0.2) is 65.6 Å². The lowest BCUT2D eigenvalue weighted by Crippen LogP contribution is -2.59. The van der Waals surface area contributed by atoms with Crippen molar-refractivity contribution in [2.75, 3.05) is 38.2 Å². The van der Waals surface area contributed by atoms with Crippen molar-refractivity contribution >= 4 is 17.6 Å². The van der Waals surface area contributed by atoms with Crippen LogP contribution in [0.3, 0.4) is 0 Å². The number of fused-ring (bicyclic) bond motifs is 2. The predicted molar refractivity (Wildman–Crippen MR) is 126 cm³/mol. The molecule has 1 aromatic heterocycles. The molecule has 3 heterocycles. The number of benzene rings is 1. The van der Waals surface area contributed by atoms with E-state index in [0.29, 0.717) is 32.9 Å². The number of anilines is 2. The van der Waals surface area contributed by atoms with E-state index in [-0.39, 0.29) is 58.3 Å². The van der Waals surface area contributed by atoms with E-state index in [1.807, 2.05) is 19.9 Å². The second-order valence-corrected chi connectivity index (χ2v) is 9.58. The Kier molecular flexibility index (Phi) is 6.53. The molecule has 1 amide bonds. The molecule has 2 bridgehead atoms. The molecule has 3 aliphatic rings. The summed E-state index contributed by atoms with van der Waals surface area (Å²) in [6.45, 7) is 5.87. The van der Waals surface area contributed by atoms with Crippen molar-refractivity contribution in [3.05, 3.63) is 35.9 Å². The van der Waals surface area contributed by atoms with Crippen LogP contribution in [0.1, 0.15) is 32.3 Å². The first-order chi connectivity index (χ1) is 17.4. The van der Waals surface area contributed by atoms with Gasteiger partial charge in [-0.2, -0.15) is 10.2 Å². The first-order valence-electron chi connectivity index (χ1n) is 12.1. The number of carbonyl (C=O) groups excluding carboxylic acids is 1. The minimum Gasteiger partial charge on any atom is -0.486 e. The maximum atomic E-state index is 14.5. The molecule has 190 valence electrons. The summed E-state index contributed by atoms with van der Waals surface area (Å²) in [6, 6.07) is 6.02. The van der Waals surface area contributed by atoms with Crippen LogP contribution in [0.5, 0.6) is 11.6 Å². The van der Waals surface area contributed by atoms with Gasteiger partial charge in [-0.15, -0.1) is 0 Å². The SMILES string of the molecule is CCOc1c(Nc2ccc(C#N)cc2F)ncnc1OC1C2COCC1CN(C(=O)OC1(C)CC1)C2. The molecular formula is C25H28FN5O5. The lowest BCUT2D eigenvalue weighted by molar-refractivity contribution is -0.112. The van der Waals surface area contributed by atoms with Gasteiger partial charge in [0.05, 0.1) is 37.1 Å². The van der Waals surface area contributed by atoms with Crippen LogP contribution in [0.2, 0.25) is 0 Å². The Balaban J connectivity index is 1.34. The maximum Gasteiger partial charge on any atom is 0.410 e. The number of nitrogens with zero attached hydrogens (tertiary/aromatic N) is 4. The summed E-state index contributed by atoms with van der Waals surface area (Å²) >= 11 is 0. The number of halogens is 1. The fraction of sp³-hybridized carbons (Fsp3) is 0.520. The molecule has 36 heavy (non-hydrogen) atoms. The highest BCUT2D eigenvalue weighted by atomic mass is 19.1. The molecule has 1 N–H and O–H groups in total. The van der Waals surface area contributed by atoms with E-state index in [0.717, 1.165) is 18.9 Å². The van der Waals surface area contributed by atoms with Gasteiger partial charge >= 0.3 is 6.09 Å². The monoisotopic (exact) mass is 497 g/mol. The molecule has 2 aromatic rings. The third-order valence-electron chi connectivity index (χ3n) is 6.71.